The first-order valence-electron chi connectivity index (χ1n) is 7.72. The molecule has 1 heterocycles. The average molecular weight is 376 g/mol. The molecule has 25 heavy (non-hydrogen) atoms. The quantitative estimate of drug-likeness (QED) is 0.733. The molecule has 3 rings (SSSR count). The van der Waals surface area contributed by atoms with Crippen LogP contribution < -0.4 is 4.72 Å². The molecule has 130 valence electrons. The molecule has 1 N–H and O–H groups in total. The van der Waals surface area contributed by atoms with E-state index in [1.54, 1.807) is 29.1 Å². The van der Waals surface area contributed by atoms with Crippen LogP contribution in [0.5, 0.6) is 0 Å². The second kappa shape index (κ2) is 6.90. The second-order valence-electron chi connectivity index (χ2n) is 5.86. The molecule has 0 aliphatic carbocycles. The van der Waals surface area contributed by atoms with Crippen molar-refractivity contribution in [3.05, 3.63) is 76.4 Å². The number of aromatic nitrogens is 2. The summed E-state index contributed by atoms with van der Waals surface area (Å²) in [5.41, 5.74) is 2.98. The smallest absolute Gasteiger partial charge is 0.263 e. The largest absolute Gasteiger partial charge is 0.265 e. The third-order valence-electron chi connectivity index (χ3n) is 3.92. The van der Waals surface area contributed by atoms with E-state index in [9.17, 15) is 8.42 Å². The third kappa shape index (κ3) is 4.03. The molecular formula is C18H18ClN3O2S. The molecule has 0 bridgehead atoms. The van der Waals surface area contributed by atoms with Gasteiger partial charge in [-0.1, -0.05) is 48.0 Å². The Morgan fingerprint density at radius 1 is 1.08 bits per heavy atom. The molecule has 0 unspecified atom stereocenters. The van der Waals surface area contributed by atoms with Gasteiger partial charge in [-0.05, 0) is 42.7 Å². The zero-order valence-corrected chi connectivity index (χ0v) is 15.5. The Bertz CT molecular complexity index is 998. The normalized spacial score (nSPS) is 11.5. The Balaban J connectivity index is 1.83. The van der Waals surface area contributed by atoms with Gasteiger partial charge in [0.2, 0.25) is 0 Å². The van der Waals surface area contributed by atoms with E-state index in [1.807, 2.05) is 44.2 Å². The minimum absolute atomic E-state index is 0.121. The van der Waals surface area contributed by atoms with Crippen molar-refractivity contribution in [3.8, 4) is 0 Å². The maximum Gasteiger partial charge on any atom is 0.263 e. The number of hydrogen-bond donors (Lipinski definition) is 1. The van der Waals surface area contributed by atoms with E-state index >= 15 is 0 Å². The number of anilines is 1. The Hall–Kier alpha value is -2.31. The van der Waals surface area contributed by atoms with Crippen molar-refractivity contribution < 1.29 is 8.42 Å². The maximum atomic E-state index is 12.6. The molecule has 0 spiro atoms. The predicted molar refractivity (Wildman–Crippen MR) is 99.5 cm³/mol. The van der Waals surface area contributed by atoms with Gasteiger partial charge in [0, 0.05) is 6.20 Å². The monoisotopic (exact) mass is 375 g/mol. The number of nitrogens with one attached hydrogen (secondary N) is 1. The summed E-state index contributed by atoms with van der Waals surface area (Å²) in [6, 6.07) is 14.7. The van der Waals surface area contributed by atoms with Gasteiger partial charge in [-0.2, -0.15) is 5.10 Å². The van der Waals surface area contributed by atoms with E-state index in [0.717, 1.165) is 16.7 Å². The van der Waals surface area contributed by atoms with Crippen LogP contribution in [0.3, 0.4) is 0 Å². The number of halogens is 1. The first-order chi connectivity index (χ1) is 11.8. The van der Waals surface area contributed by atoms with Gasteiger partial charge in [0.1, 0.15) is 5.02 Å². The van der Waals surface area contributed by atoms with Gasteiger partial charge in [0.15, 0.2) is 5.82 Å². The predicted octanol–water partition coefficient (Wildman–Crippen LogP) is 4.00. The van der Waals surface area contributed by atoms with Crippen molar-refractivity contribution in [1.29, 1.82) is 0 Å². The molecule has 0 aliphatic heterocycles. The fourth-order valence-electron chi connectivity index (χ4n) is 2.38. The molecule has 0 atom stereocenters. The molecule has 2 aromatic carbocycles. The van der Waals surface area contributed by atoms with Gasteiger partial charge in [0.05, 0.1) is 11.4 Å². The van der Waals surface area contributed by atoms with E-state index in [2.05, 4.69) is 9.82 Å². The van der Waals surface area contributed by atoms with Crippen LogP contribution in [0.25, 0.3) is 0 Å². The van der Waals surface area contributed by atoms with E-state index in [0.29, 0.717) is 6.54 Å². The number of benzene rings is 2. The van der Waals surface area contributed by atoms with Crippen LogP contribution in [0, 0.1) is 13.8 Å². The minimum atomic E-state index is -3.74. The van der Waals surface area contributed by atoms with Crippen molar-refractivity contribution in [2.24, 2.45) is 0 Å². The first kappa shape index (κ1) is 17.5. The SMILES string of the molecule is Cc1ccc(S(=O)(=O)Nc2nn(Cc3ccccc3)cc2Cl)cc1C. The molecule has 0 amide bonds. The highest BCUT2D eigenvalue weighted by atomic mass is 35.5. The molecule has 0 radical (unpaired) electrons. The van der Waals surface area contributed by atoms with Gasteiger partial charge < -0.3 is 0 Å². The molecule has 0 fully saturated rings. The Labute approximate surface area is 152 Å². The van der Waals surface area contributed by atoms with Gasteiger partial charge in [-0.25, -0.2) is 8.42 Å². The van der Waals surface area contributed by atoms with E-state index in [4.69, 9.17) is 11.6 Å². The number of nitrogens with zero attached hydrogens (tertiary/aromatic N) is 2. The van der Waals surface area contributed by atoms with Crippen LogP contribution in [0.15, 0.2) is 59.6 Å². The van der Waals surface area contributed by atoms with Crippen LogP contribution in [0.1, 0.15) is 16.7 Å². The molecule has 0 aliphatic rings. The van der Waals surface area contributed by atoms with Crippen LogP contribution >= 0.6 is 11.6 Å². The summed E-state index contributed by atoms with van der Waals surface area (Å²) >= 11 is 6.15. The highest BCUT2D eigenvalue weighted by molar-refractivity contribution is 7.92. The Kier molecular flexibility index (Phi) is 4.83. The summed E-state index contributed by atoms with van der Waals surface area (Å²) in [5.74, 6) is 0.121. The summed E-state index contributed by atoms with van der Waals surface area (Å²) in [6.45, 7) is 4.31. The second-order valence-corrected chi connectivity index (χ2v) is 7.95. The maximum absolute atomic E-state index is 12.6. The fraction of sp³-hybridized carbons (Fsp3) is 0.167. The standard InChI is InChI=1S/C18H18ClN3O2S/c1-13-8-9-16(10-14(13)2)25(23,24)21-18-17(19)12-22(20-18)11-15-6-4-3-5-7-15/h3-10,12H,11H2,1-2H3,(H,20,21). The lowest BCUT2D eigenvalue weighted by molar-refractivity contribution is 0.600. The molecule has 1 aromatic heterocycles. The van der Waals surface area contributed by atoms with Gasteiger partial charge in [0.25, 0.3) is 10.0 Å². The highest BCUT2D eigenvalue weighted by Gasteiger charge is 2.18. The molecule has 3 aromatic rings. The van der Waals surface area contributed by atoms with Crippen molar-refractivity contribution in [3.63, 3.8) is 0 Å². The molecule has 0 saturated carbocycles. The van der Waals surface area contributed by atoms with Gasteiger partial charge in [-0.15, -0.1) is 0 Å². The van der Waals surface area contributed by atoms with Gasteiger partial charge in [-0.3, -0.25) is 9.40 Å². The molecule has 7 heteroatoms. The number of aryl methyl sites for hydroxylation is 2. The highest BCUT2D eigenvalue weighted by Crippen LogP contribution is 2.24. The van der Waals surface area contributed by atoms with Crippen molar-refractivity contribution in [2.45, 2.75) is 25.3 Å². The lowest BCUT2D eigenvalue weighted by atomic mass is 10.1. The van der Waals surface area contributed by atoms with Crippen LogP contribution in [-0.2, 0) is 16.6 Å². The van der Waals surface area contributed by atoms with E-state index in [-0.39, 0.29) is 15.7 Å². The third-order valence-corrected chi connectivity index (χ3v) is 5.54. The van der Waals surface area contributed by atoms with Crippen molar-refractivity contribution in [1.82, 2.24) is 9.78 Å². The van der Waals surface area contributed by atoms with E-state index in [1.165, 1.54) is 0 Å². The summed E-state index contributed by atoms with van der Waals surface area (Å²) in [7, 11) is -3.74. The zero-order chi connectivity index (χ0) is 18.0. The number of rotatable bonds is 5. The zero-order valence-electron chi connectivity index (χ0n) is 13.9. The molecular weight excluding hydrogens is 358 g/mol. The first-order valence-corrected chi connectivity index (χ1v) is 9.58. The fourth-order valence-corrected chi connectivity index (χ4v) is 3.74. The Morgan fingerprint density at radius 2 is 1.80 bits per heavy atom. The average Bonchev–Trinajstić information content (AvgIpc) is 2.89. The summed E-state index contributed by atoms with van der Waals surface area (Å²) in [6.07, 6.45) is 1.60. The Morgan fingerprint density at radius 3 is 2.48 bits per heavy atom. The van der Waals surface area contributed by atoms with E-state index < -0.39 is 10.0 Å². The molecule has 0 saturated heterocycles. The van der Waals surface area contributed by atoms with Crippen molar-refractivity contribution in [2.75, 3.05) is 4.72 Å². The van der Waals surface area contributed by atoms with Crippen molar-refractivity contribution >= 4 is 27.4 Å². The van der Waals surface area contributed by atoms with Crippen LogP contribution in [0.4, 0.5) is 5.82 Å². The van der Waals surface area contributed by atoms with Crippen LogP contribution in [-0.4, -0.2) is 18.2 Å². The lowest BCUT2D eigenvalue weighted by Crippen LogP contribution is -2.14. The topological polar surface area (TPSA) is 64.0 Å². The summed E-state index contributed by atoms with van der Waals surface area (Å²) in [4.78, 5) is 0.185. The molecule has 5 nitrogen and oxygen atoms in total. The lowest BCUT2D eigenvalue weighted by Gasteiger charge is -2.08. The number of hydrogen-bond acceptors (Lipinski definition) is 3. The van der Waals surface area contributed by atoms with Gasteiger partial charge >= 0.3 is 0 Å². The van der Waals surface area contributed by atoms with Crippen LogP contribution in [0.2, 0.25) is 5.02 Å². The number of sulfonamides is 1. The summed E-state index contributed by atoms with van der Waals surface area (Å²) < 4.78 is 29.2. The summed E-state index contributed by atoms with van der Waals surface area (Å²) in [5, 5.41) is 4.50. The minimum Gasteiger partial charge on any atom is -0.265 e.